The van der Waals surface area contributed by atoms with E-state index in [0.717, 1.165) is 38.5 Å². The van der Waals surface area contributed by atoms with Gasteiger partial charge in [-0.25, -0.2) is 13.1 Å². The quantitative estimate of drug-likeness (QED) is 0.754. The highest BCUT2D eigenvalue weighted by atomic mass is 32.2. The Morgan fingerprint density at radius 1 is 1.16 bits per heavy atom. The number of nitrogens with one attached hydrogen (secondary N) is 1. The summed E-state index contributed by atoms with van der Waals surface area (Å²) in [4.78, 5) is 11.4. The Morgan fingerprint density at radius 2 is 1.79 bits per heavy atom. The van der Waals surface area contributed by atoms with Crippen molar-refractivity contribution in [1.82, 2.24) is 4.72 Å². The van der Waals surface area contributed by atoms with Crippen molar-refractivity contribution in [3.63, 3.8) is 0 Å². The number of carbonyl (C=O) groups is 1. The maximum absolute atomic E-state index is 11.8. The molecule has 19 heavy (non-hydrogen) atoms. The molecule has 0 unspecified atom stereocenters. The highest BCUT2D eigenvalue weighted by molar-refractivity contribution is 7.90. The number of rotatable bonds is 6. The summed E-state index contributed by atoms with van der Waals surface area (Å²) in [5.74, 6) is 0.213. The minimum atomic E-state index is -3.08. The van der Waals surface area contributed by atoms with Crippen LogP contribution in [0, 0.1) is 5.92 Å². The molecule has 2 fully saturated rings. The molecule has 0 atom stereocenters. The van der Waals surface area contributed by atoms with E-state index in [9.17, 15) is 13.2 Å². The second-order valence-electron chi connectivity index (χ2n) is 5.59. The zero-order valence-electron chi connectivity index (χ0n) is 11.4. The van der Waals surface area contributed by atoms with Gasteiger partial charge in [-0.1, -0.05) is 0 Å². The van der Waals surface area contributed by atoms with Gasteiger partial charge in [0.05, 0.1) is 11.9 Å². The van der Waals surface area contributed by atoms with Crippen LogP contribution in [0.3, 0.4) is 0 Å². The average molecular weight is 289 g/mol. The van der Waals surface area contributed by atoms with Crippen LogP contribution in [0.1, 0.15) is 51.9 Å². The van der Waals surface area contributed by atoms with Crippen molar-refractivity contribution in [3.05, 3.63) is 0 Å². The van der Waals surface area contributed by atoms with Crippen LogP contribution in [0.4, 0.5) is 0 Å². The van der Waals surface area contributed by atoms with Crippen LogP contribution in [0.15, 0.2) is 0 Å². The number of carbonyl (C=O) groups excluding carboxylic acids is 1. The summed E-state index contributed by atoms with van der Waals surface area (Å²) in [6.45, 7) is 2.23. The topological polar surface area (TPSA) is 72.5 Å². The summed E-state index contributed by atoms with van der Waals surface area (Å²) in [5.41, 5.74) is 0. The third-order valence-corrected chi connectivity index (χ3v) is 5.91. The van der Waals surface area contributed by atoms with Gasteiger partial charge in [0.1, 0.15) is 0 Å². The highest BCUT2D eigenvalue weighted by Gasteiger charge is 2.37. The Kier molecular flexibility index (Phi) is 4.84. The summed E-state index contributed by atoms with van der Waals surface area (Å²) < 4.78 is 31.4. The lowest BCUT2D eigenvalue weighted by atomic mass is 9.84. The molecule has 0 aromatic heterocycles. The maximum Gasteiger partial charge on any atom is 0.306 e. The average Bonchev–Trinajstić information content (AvgIpc) is 3.16. The van der Waals surface area contributed by atoms with Crippen LogP contribution < -0.4 is 4.72 Å². The largest absolute Gasteiger partial charge is 0.466 e. The first-order valence-corrected chi connectivity index (χ1v) is 8.72. The van der Waals surface area contributed by atoms with Gasteiger partial charge in [-0.05, 0) is 51.4 Å². The molecule has 0 heterocycles. The van der Waals surface area contributed by atoms with Gasteiger partial charge in [0, 0.05) is 12.5 Å². The van der Waals surface area contributed by atoms with Gasteiger partial charge in [-0.2, -0.15) is 0 Å². The van der Waals surface area contributed by atoms with Crippen LogP contribution in [0.25, 0.3) is 0 Å². The van der Waals surface area contributed by atoms with Crippen molar-refractivity contribution in [3.8, 4) is 0 Å². The smallest absolute Gasteiger partial charge is 0.306 e. The van der Waals surface area contributed by atoms with Crippen LogP contribution >= 0.6 is 0 Å². The molecule has 2 aliphatic carbocycles. The van der Waals surface area contributed by atoms with Crippen LogP contribution in [0.2, 0.25) is 0 Å². The molecule has 2 saturated carbocycles. The van der Waals surface area contributed by atoms with Gasteiger partial charge in [-0.15, -0.1) is 0 Å². The first kappa shape index (κ1) is 14.8. The van der Waals surface area contributed by atoms with E-state index in [1.165, 1.54) is 0 Å². The highest BCUT2D eigenvalue weighted by Crippen LogP contribution is 2.31. The van der Waals surface area contributed by atoms with Gasteiger partial charge in [0.2, 0.25) is 10.0 Å². The lowest BCUT2D eigenvalue weighted by molar-refractivity contribution is -0.144. The third kappa shape index (κ3) is 4.45. The molecule has 1 N–H and O–H groups in total. The fraction of sp³-hybridized carbons (Fsp3) is 0.923. The minimum absolute atomic E-state index is 0.0593. The molecule has 5 nitrogen and oxygen atoms in total. The van der Waals surface area contributed by atoms with E-state index < -0.39 is 10.0 Å². The summed E-state index contributed by atoms with van der Waals surface area (Å²) >= 11 is 0. The molecular weight excluding hydrogens is 266 g/mol. The molecule has 0 saturated heterocycles. The molecule has 0 spiro atoms. The van der Waals surface area contributed by atoms with E-state index in [0.29, 0.717) is 18.9 Å². The Balaban J connectivity index is 1.71. The molecule has 2 rings (SSSR count). The van der Waals surface area contributed by atoms with Gasteiger partial charge in [0.15, 0.2) is 0 Å². The van der Waals surface area contributed by atoms with Crippen molar-refractivity contribution in [2.45, 2.75) is 63.2 Å². The van der Waals surface area contributed by atoms with Crippen LogP contribution in [0.5, 0.6) is 0 Å². The molecule has 6 heteroatoms. The predicted octanol–water partition coefficient (Wildman–Crippen LogP) is 1.58. The lowest BCUT2D eigenvalue weighted by Crippen LogP contribution is -2.39. The summed E-state index contributed by atoms with van der Waals surface area (Å²) in [6.07, 6.45) is 5.52. The fourth-order valence-corrected chi connectivity index (χ4v) is 4.30. The molecular formula is C13H23NO4S. The van der Waals surface area contributed by atoms with E-state index in [1.807, 2.05) is 6.92 Å². The fourth-order valence-electron chi connectivity index (χ4n) is 2.65. The summed E-state index contributed by atoms with van der Waals surface area (Å²) in [7, 11) is -3.08. The van der Waals surface area contributed by atoms with Crippen molar-refractivity contribution in [2.75, 3.05) is 6.61 Å². The maximum atomic E-state index is 11.8. The van der Waals surface area contributed by atoms with E-state index in [4.69, 9.17) is 4.74 Å². The van der Waals surface area contributed by atoms with Crippen molar-refractivity contribution in [1.29, 1.82) is 0 Å². The Hall–Kier alpha value is -0.620. The zero-order chi connectivity index (χ0) is 13.9. The molecule has 2 aliphatic rings. The first-order chi connectivity index (χ1) is 9.01. The second-order valence-corrected chi connectivity index (χ2v) is 7.58. The Labute approximate surface area is 115 Å². The lowest BCUT2D eigenvalue weighted by Gasteiger charge is -2.28. The van der Waals surface area contributed by atoms with Crippen LogP contribution in [-0.4, -0.2) is 32.3 Å². The SMILES string of the molecule is CCOC(=O)C[C@H]1CC[C@H](NS(=O)(=O)C2CC2)CC1. The second kappa shape index (κ2) is 6.22. The summed E-state index contributed by atoms with van der Waals surface area (Å²) in [6, 6.07) is 0.0593. The van der Waals surface area contributed by atoms with E-state index in [-0.39, 0.29) is 17.3 Å². The van der Waals surface area contributed by atoms with Crippen LogP contribution in [-0.2, 0) is 19.6 Å². The normalized spacial score (nSPS) is 28.1. The Morgan fingerprint density at radius 3 is 2.32 bits per heavy atom. The molecule has 0 radical (unpaired) electrons. The monoisotopic (exact) mass is 289 g/mol. The molecule has 0 aliphatic heterocycles. The van der Waals surface area contributed by atoms with E-state index in [2.05, 4.69) is 4.72 Å². The van der Waals surface area contributed by atoms with E-state index >= 15 is 0 Å². The predicted molar refractivity (Wildman–Crippen MR) is 72.1 cm³/mol. The molecule has 0 aromatic rings. The number of sulfonamides is 1. The number of ether oxygens (including phenoxy) is 1. The molecule has 0 bridgehead atoms. The summed E-state index contributed by atoms with van der Waals surface area (Å²) in [5, 5.41) is -0.148. The third-order valence-electron chi connectivity index (χ3n) is 3.90. The molecule has 110 valence electrons. The number of hydrogen-bond acceptors (Lipinski definition) is 4. The van der Waals surface area contributed by atoms with Crippen molar-refractivity contribution >= 4 is 16.0 Å². The van der Waals surface area contributed by atoms with Crippen molar-refractivity contribution in [2.24, 2.45) is 5.92 Å². The van der Waals surface area contributed by atoms with Gasteiger partial charge >= 0.3 is 5.97 Å². The first-order valence-electron chi connectivity index (χ1n) is 7.18. The van der Waals surface area contributed by atoms with Gasteiger partial charge in [0.25, 0.3) is 0 Å². The molecule has 0 aromatic carbocycles. The number of hydrogen-bond donors (Lipinski definition) is 1. The molecule has 0 amide bonds. The standard InChI is InChI=1S/C13H23NO4S/c1-2-18-13(15)9-10-3-5-11(6-4-10)14-19(16,17)12-7-8-12/h10-12,14H,2-9H2,1H3/t10-,11-. The van der Waals surface area contributed by atoms with Gasteiger partial charge in [-0.3, -0.25) is 4.79 Å². The van der Waals surface area contributed by atoms with E-state index in [1.54, 1.807) is 0 Å². The zero-order valence-corrected chi connectivity index (χ0v) is 12.2. The number of esters is 1. The minimum Gasteiger partial charge on any atom is -0.466 e. The van der Waals surface area contributed by atoms with Gasteiger partial charge < -0.3 is 4.74 Å². The van der Waals surface area contributed by atoms with Crippen molar-refractivity contribution < 1.29 is 17.9 Å². The Bertz CT molecular complexity index is 408.